The summed E-state index contributed by atoms with van der Waals surface area (Å²) < 4.78 is 0. The maximum absolute atomic E-state index is 8.74. The molecule has 1 heteroatoms. The topological polar surface area (TPSA) is 23.8 Å². The van der Waals surface area contributed by atoms with Crippen LogP contribution in [-0.4, -0.2) is 0 Å². The molecule has 0 radical (unpaired) electrons. The summed E-state index contributed by atoms with van der Waals surface area (Å²) in [7, 11) is 0. The molecular formula is C14H13N. The highest BCUT2D eigenvalue weighted by atomic mass is 14.4. The van der Waals surface area contributed by atoms with Gasteiger partial charge in [-0.2, -0.15) is 5.26 Å². The molecule has 1 saturated carbocycles. The fourth-order valence-corrected chi connectivity index (χ4v) is 2.97. The zero-order valence-electron chi connectivity index (χ0n) is 8.56. The number of hydrogen-bond acceptors (Lipinski definition) is 1. The number of rotatable bonds is 1. The largest absolute Gasteiger partial charge is 0.192 e. The van der Waals surface area contributed by atoms with Gasteiger partial charge in [0.05, 0.1) is 11.6 Å². The number of benzene rings is 1. The molecule has 1 nitrogen and oxygen atoms in total. The first-order valence-electron chi connectivity index (χ1n) is 5.55. The molecule has 0 aromatic heterocycles. The van der Waals surface area contributed by atoms with Crippen molar-refractivity contribution in [1.29, 1.82) is 5.26 Å². The zero-order chi connectivity index (χ0) is 10.3. The standard InChI is InChI=1S/C14H13N/c15-9-10-1-4-12(5-2-10)14-8-11-3-6-13(14)7-11/h1-6,11,13-14H,7-8H2. The number of allylic oxidation sites excluding steroid dienone is 2. The summed E-state index contributed by atoms with van der Waals surface area (Å²) in [6.45, 7) is 0. The van der Waals surface area contributed by atoms with Gasteiger partial charge in [-0.3, -0.25) is 0 Å². The Balaban J connectivity index is 1.88. The molecule has 3 unspecified atom stereocenters. The highest BCUT2D eigenvalue weighted by molar-refractivity contribution is 5.35. The maximum Gasteiger partial charge on any atom is 0.0991 e. The lowest BCUT2D eigenvalue weighted by Gasteiger charge is -2.18. The van der Waals surface area contributed by atoms with Crippen molar-refractivity contribution in [3.05, 3.63) is 47.5 Å². The monoisotopic (exact) mass is 195 g/mol. The predicted octanol–water partition coefficient (Wildman–Crippen LogP) is 3.24. The second-order valence-corrected chi connectivity index (χ2v) is 4.62. The van der Waals surface area contributed by atoms with Crippen LogP contribution in [0.2, 0.25) is 0 Å². The molecule has 0 spiro atoms. The summed E-state index contributed by atoms with van der Waals surface area (Å²) in [5.74, 6) is 2.27. The number of nitrogens with zero attached hydrogens (tertiary/aromatic N) is 1. The van der Waals surface area contributed by atoms with Crippen molar-refractivity contribution in [2.45, 2.75) is 18.8 Å². The fraction of sp³-hybridized carbons (Fsp3) is 0.357. The van der Waals surface area contributed by atoms with Gasteiger partial charge in [0.1, 0.15) is 0 Å². The fourth-order valence-electron chi connectivity index (χ4n) is 2.97. The maximum atomic E-state index is 8.74. The van der Waals surface area contributed by atoms with Gasteiger partial charge in [0.2, 0.25) is 0 Å². The van der Waals surface area contributed by atoms with Crippen molar-refractivity contribution in [2.75, 3.05) is 0 Å². The van der Waals surface area contributed by atoms with E-state index in [0.717, 1.165) is 17.4 Å². The molecular weight excluding hydrogens is 182 g/mol. The first-order chi connectivity index (χ1) is 7.36. The van der Waals surface area contributed by atoms with E-state index in [9.17, 15) is 0 Å². The van der Waals surface area contributed by atoms with E-state index in [0.29, 0.717) is 5.92 Å². The second-order valence-electron chi connectivity index (χ2n) is 4.62. The van der Waals surface area contributed by atoms with Crippen LogP contribution in [0.1, 0.15) is 29.9 Å². The third kappa shape index (κ3) is 1.37. The third-order valence-electron chi connectivity index (χ3n) is 3.75. The number of hydrogen-bond donors (Lipinski definition) is 0. The molecule has 1 aromatic rings. The SMILES string of the molecule is N#Cc1ccc(C2CC3C=CC2C3)cc1. The van der Waals surface area contributed by atoms with Crippen LogP contribution in [0.4, 0.5) is 0 Å². The number of fused-ring (bicyclic) bond motifs is 2. The van der Waals surface area contributed by atoms with E-state index in [4.69, 9.17) is 5.26 Å². The molecule has 0 saturated heterocycles. The summed E-state index contributed by atoms with van der Waals surface area (Å²) in [5.41, 5.74) is 2.17. The van der Waals surface area contributed by atoms with Crippen molar-refractivity contribution in [3.8, 4) is 6.07 Å². The van der Waals surface area contributed by atoms with E-state index in [-0.39, 0.29) is 0 Å². The molecule has 3 atom stereocenters. The summed E-state index contributed by atoms with van der Waals surface area (Å²) in [6, 6.07) is 10.3. The van der Waals surface area contributed by atoms with Crippen LogP contribution in [0.25, 0.3) is 0 Å². The van der Waals surface area contributed by atoms with Gasteiger partial charge in [0.25, 0.3) is 0 Å². The van der Waals surface area contributed by atoms with E-state index >= 15 is 0 Å². The molecule has 0 heterocycles. The molecule has 1 fully saturated rings. The van der Waals surface area contributed by atoms with Crippen molar-refractivity contribution in [1.82, 2.24) is 0 Å². The summed E-state index contributed by atoms with van der Waals surface area (Å²) in [6.07, 6.45) is 7.37. The van der Waals surface area contributed by atoms with Gasteiger partial charge in [-0.05, 0) is 48.3 Å². The van der Waals surface area contributed by atoms with Gasteiger partial charge >= 0.3 is 0 Å². The van der Waals surface area contributed by atoms with Crippen LogP contribution in [-0.2, 0) is 0 Å². The average Bonchev–Trinajstić information content (AvgIpc) is 2.91. The minimum Gasteiger partial charge on any atom is -0.192 e. The van der Waals surface area contributed by atoms with E-state index in [1.54, 1.807) is 0 Å². The smallest absolute Gasteiger partial charge is 0.0991 e. The molecule has 2 aliphatic carbocycles. The lowest BCUT2D eigenvalue weighted by molar-refractivity contribution is 0.585. The van der Waals surface area contributed by atoms with E-state index in [1.807, 2.05) is 12.1 Å². The molecule has 0 amide bonds. The predicted molar refractivity (Wildman–Crippen MR) is 59.3 cm³/mol. The van der Waals surface area contributed by atoms with E-state index in [1.165, 1.54) is 18.4 Å². The van der Waals surface area contributed by atoms with Crippen LogP contribution in [0.5, 0.6) is 0 Å². The van der Waals surface area contributed by atoms with Crippen LogP contribution < -0.4 is 0 Å². The van der Waals surface area contributed by atoms with Gasteiger partial charge in [-0.25, -0.2) is 0 Å². The summed E-state index contributed by atoms with van der Waals surface area (Å²) in [4.78, 5) is 0. The Bertz CT molecular complexity index is 435. The Kier molecular flexibility index (Phi) is 1.89. The first kappa shape index (κ1) is 8.73. The summed E-state index contributed by atoms with van der Waals surface area (Å²) >= 11 is 0. The summed E-state index contributed by atoms with van der Waals surface area (Å²) in [5, 5.41) is 8.74. The Morgan fingerprint density at radius 1 is 1.07 bits per heavy atom. The van der Waals surface area contributed by atoms with Crippen LogP contribution in [0.15, 0.2) is 36.4 Å². The Labute approximate surface area is 90.0 Å². The van der Waals surface area contributed by atoms with Crippen LogP contribution >= 0.6 is 0 Å². The van der Waals surface area contributed by atoms with Gasteiger partial charge < -0.3 is 0 Å². The van der Waals surface area contributed by atoms with E-state index < -0.39 is 0 Å². The molecule has 1 aromatic carbocycles. The molecule has 15 heavy (non-hydrogen) atoms. The van der Waals surface area contributed by atoms with E-state index in [2.05, 4.69) is 30.4 Å². The van der Waals surface area contributed by atoms with Gasteiger partial charge in [-0.1, -0.05) is 24.3 Å². The normalized spacial score (nSPS) is 31.8. The quantitative estimate of drug-likeness (QED) is 0.631. The van der Waals surface area contributed by atoms with Crippen LogP contribution in [0.3, 0.4) is 0 Å². The van der Waals surface area contributed by atoms with Gasteiger partial charge in [-0.15, -0.1) is 0 Å². The Morgan fingerprint density at radius 3 is 2.40 bits per heavy atom. The first-order valence-corrected chi connectivity index (χ1v) is 5.55. The minimum absolute atomic E-state index is 0.702. The average molecular weight is 195 g/mol. The molecule has 2 bridgehead atoms. The lowest BCUT2D eigenvalue weighted by Crippen LogP contribution is -2.04. The van der Waals surface area contributed by atoms with Gasteiger partial charge in [0, 0.05) is 0 Å². The van der Waals surface area contributed by atoms with Crippen molar-refractivity contribution in [3.63, 3.8) is 0 Å². The van der Waals surface area contributed by atoms with Crippen molar-refractivity contribution < 1.29 is 0 Å². The molecule has 0 aliphatic heterocycles. The Morgan fingerprint density at radius 2 is 1.87 bits per heavy atom. The zero-order valence-corrected chi connectivity index (χ0v) is 8.56. The number of nitriles is 1. The highest BCUT2D eigenvalue weighted by Gasteiger charge is 2.36. The van der Waals surface area contributed by atoms with Crippen molar-refractivity contribution in [2.24, 2.45) is 11.8 Å². The van der Waals surface area contributed by atoms with Gasteiger partial charge in [0.15, 0.2) is 0 Å². The third-order valence-corrected chi connectivity index (χ3v) is 3.75. The molecule has 74 valence electrons. The van der Waals surface area contributed by atoms with Crippen LogP contribution in [0, 0.1) is 23.2 Å². The molecule has 3 rings (SSSR count). The Hall–Kier alpha value is -1.55. The second kappa shape index (κ2) is 3.24. The molecule has 2 aliphatic rings. The minimum atomic E-state index is 0.702. The molecule has 0 N–H and O–H groups in total. The lowest BCUT2D eigenvalue weighted by atomic mass is 9.86. The van der Waals surface area contributed by atoms with Crippen molar-refractivity contribution >= 4 is 0 Å². The highest BCUT2D eigenvalue weighted by Crippen LogP contribution is 2.48.